The zero-order valence-electron chi connectivity index (χ0n) is 13.1. The van der Waals surface area contributed by atoms with E-state index < -0.39 is 0 Å². The van der Waals surface area contributed by atoms with Gasteiger partial charge in [0.2, 0.25) is 0 Å². The molecule has 0 N–H and O–H groups in total. The molecular formula is C16H25NO2. The minimum atomic E-state index is -0.279. The van der Waals surface area contributed by atoms with E-state index in [9.17, 15) is 4.79 Å². The summed E-state index contributed by atoms with van der Waals surface area (Å²) in [7, 11) is 0. The van der Waals surface area contributed by atoms with E-state index in [4.69, 9.17) is 9.72 Å². The third-order valence-corrected chi connectivity index (χ3v) is 3.00. The highest BCUT2D eigenvalue weighted by molar-refractivity contribution is 5.91. The van der Waals surface area contributed by atoms with Gasteiger partial charge in [-0.2, -0.15) is 0 Å². The second-order valence-corrected chi connectivity index (χ2v) is 6.21. The second-order valence-electron chi connectivity index (χ2n) is 6.21. The zero-order chi connectivity index (χ0) is 14.8. The van der Waals surface area contributed by atoms with Crippen molar-refractivity contribution in [3.05, 3.63) is 28.6 Å². The maximum Gasteiger partial charge on any atom is 0.340 e. The van der Waals surface area contributed by atoms with Gasteiger partial charge in [-0.1, -0.05) is 34.6 Å². The molecule has 19 heavy (non-hydrogen) atoms. The van der Waals surface area contributed by atoms with Gasteiger partial charge in [0.25, 0.3) is 0 Å². The van der Waals surface area contributed by atoms with Crippen molar-refractivity contribution in [2.75, 3.05) is 6.61 Å². The molecule has 0 aromatic carbocycles. The minimum Gasteiger partial charge on any atom is -0.462 e. The summed E-state index contributed by atoms with van der Waals surface area (Å²) >= 11 is 0. The first-order valence-electron chi connectivity index (χ1n) is 6.87. The Labute approximate surface area is 116 Å². The lowest BCUT2D eigenvalue weighted by Crippen LogP contribution is -2.22. The maximum atomic E-state index is 12.1. The Balaban J connectivity index is 3.45. The molecule has 0 amide bonds. The first-order chi connectivity index (χ1) is 8.68. The molecule has 0 radical (unpaired) electrons. The van der Waals surface area contributed by atoms with Crippen molar-refractivity contribution in [2.45, 2.75) is 59.8 Å². The number of aryl methyl sites for hydroxylation is 1. The van der Waals surface area contributed by atoms with Gasteiger partial charge in [0.05, 0.1) is 17.9 Å². The predicted octanol–water partition coefficient (Wildman–Crippen LogP) is 3.99. The number of hydrogen-bond donors (Lipinski definition) is 0. The van der Waals surface area contributed by atoms with Gasteiger partial charge in [-0.15, -0.1) is 0 Å². The average molecular weight is 263 g/mol. The number of rotatable bonds is 3. The average Bonchev–Trinajstić information content (AvgIpc) is 2.26. The standard InChI is InChI=1S/C16H25NO2/c1-8-19-15(18)12-9-11(4)13(10(2)3)17-14(12)16(5,6)7/h9-10H,8H2,1-7H3. The summed E-state index contributed by atoms with van der Waals surface area (Å²) in [6.07, 6.45) is 0. The van der Waals surface area contributed by atoms with Crippen LogP contribution in [0.25, 0.3) is 0 Å². The van der Waals surface area contributed by atoms with Gasteiger partial charge in [0.1, 0.15) is 0 Å². The van der Waals surface area contributed by atoms with Crippen molar-refractivity contribution in [3.63, 3.8) is 0 Å². The molecule has 0 saturated heterocycles. The van der Waals surface area contributed by atoms with E-state index in [0.29, 0.717) is 18.1 Å². The summed E-state index contributed by atoms with van der Waals surface area (Å²) in [5.74, 6) is 0.0654. The highest BCUT2D eigenvalue weighted by Gasteiger charge is 2.26. The number of hydrogen-bond acceptors (Lipinski definition) is 3. The molecule has 0 fully saturated rings. The van der Waals surface area contributed by atoms with Crippen LogP contribution in [0.4, 0.5) is 0 Å². The molecule has 1 aromatic rings. The number of esters is 1. The molecule has 106 valence electrons. The minimum absolute atomic E-state index is 0.181. The normalized spacial score (nSPS) is 11.8. The Morgan fingerprint density at radius 3 is 2.37 bits per heavy atom. The van der Waals surface area contributed by atoms with Crippen molar-refractivity contribution >= 4 is 5.97 Å². The monoisotopic (exact) mass is 263 g/mol. The van der Waals surface area contributed by atoms with E-state index in [1.165, 1.54) is 0 Å². The summed E-state index contributed by atoms with van der Waals surface area (Å²) in [6.45, 7) is 14.6. The third kappa shape index (κ3) is 3.55. The van der Waals surface area contributed by atoms with Gasteiger partial charge >= 0.3 is 5.97 Å². The molecule has 3 nitrogen and oxygen atoms in total. The number of ether oxygens (including phenoxy) is 1. The van der Waals surface area contributed by atoms with E-state index >= 15 is 0 Å². The smallest absolute Gasteiger partial charge is 0.340 e. The number of carbonyl (C=O) groups is 1. The Kier molecular flexibility index (Phi) is 4.72. The Hall–Kier alpha value is -1.38. The highest BCUT2D eigenvalue weighted by Crippen LogP contribution is 2.28. The van der Waals surface area contributed by atoms with E-state index in [2.05, 4.69) is 34.6 Å². The lowest BCUT2D eigenvalue weighted by atomic mass is 9.86. The molecule has 0 spiro atoms. The fourth-order valence-corrected chi connectivity index (χ4v) is 2.15. The van der Waals surface area contributed by atoms with Gasteiger partial charge in [-0.05, 0) is 31.4 Å². The molecule has 3 heteroatoms. The van der Waals surface area contributed by atoms with Crippen LogP contribution in [-0.4, -0.2) is 17.6 Å². The first-order valence-corrected chi connectivity index (χ1v) is 6.87. The van der Waals surface area contributed by atoms with Gasteiger partial charge in [-0.3, -0.25) is 4.98 Å². The number of aromatic nitrogens is 1. The van der Waals surface area contributed by atoms with Crippen LogP contribution in [-0.2, 0) is 10.2 Å². The molecule has 0 bridgehead atoms. The summed E-state index contributed by atoms with van der Waals surface area (Å²) < 4.78 is 5.14. The van der Waals surface area contributed by atoms with Crippen LogP contribution in [0, 0.1) is 6.92 Å². The fraction of sp³-hybridized carbons (Fsp3) is 0.625. The highest BCUT2D eigenvalue weighted by atomic mass is 16.5. The van der Waals surface area contributed by atoms with Crippen LogP contribution in [0.2, 0.25) is 0 Å². The molecule has 0 aliphatic carbocycles. The molecule has 0 atom stereocenters. The van der Waals surface area contributed by atoms with Crippen LogP contribution in [0.1, 0.15) is 74.8 Å². The van der Waals surface area contributed by atoms with Gasteiger partial charge in [-0.25, -0.2) is 4.79 Å². The van der Waals surface area contributed by atoms with E-state index in [0.717, 1.165) is 17.0 Å². The van der Waals surface area contributed by atoms with Crippen LogP contribution in [0.5, 0.6) is 0 Å². The quantitative estimate of drug-likeness (QED) is 0.774. The molecule has 0 aliphatic heterocycles. The van der Waals surface area contributed by atoms with Crippen molar-refractivity contribution in [1.29, 1.82) is 0 Å². The van der Waals surface area contributed by atoms with Crippen LogP contribution in [0.3, 0.4) is 0 Å². The predicted molar refractivity (Wildman–Crippen MR) is 77.7 cm³/mol. The SMILES string of the molecule is CCOC(=O)c1cc(C)c(C(C)C)nc1C(C)(C)C. The second kappa shape index (κ2) is 5.72. The maximum absolute atomic E-state index is 12.1. The van der Waals surface area contributed by atoms with E-state index in [-0.39, 0.29) is 11.4 Å². The van der Waals surface area contributed by atoms with Crippen molar-refractivity contribution in [3.8, 4) is 0 Å². The van der Waals surface area contributed by atoms with Crippen LogP contribution < -0.4 is 0 Å². The zero-order valence-corrected chi connectivity index (χ0v) is 13.1. The molecule has 1 rings (SSSR count). The molecule has 0 unspecified atom stereocenters. The van der Waals surface area contributed by atoms with Crippen LogP contribution in [0.15, 0.2) is 6.07 Å². The molecule has 1 aromatic heterocycles. The Bertz CT molecular complexity index is 470. The number of carbonyl (C=O) groups excluding carboxylic acids is 1. The molecule has 0 aliphatic rings. The van der Waals surface area contributed by atoms with Gasteiger partial charge < -0.3 is 4.74 Å². The topological polar surface area (TPSA) is 39.2 Å². The first kappa shape index (κ1) is 15.7. The summed E-state index contributed by atoms with van der Waals surface area (Å²) in [6, 6.07) is 1.92. The largest absolute Gasteiger partial charge is 0.462 e. The van der Waals surface area contributed by atoms with E-state index in [1.807, 2.05) is 19.9 Å². The van der Waals surface area contributed by atoms with Gasteiger partial charge in [0, 0.05) is 11.1 Å². The lowest BCUT2D eigenvalue weighted by molar-refractivity contribution is 0.0522. The Morgan fingerprint density at radius 1 is 1.37 bits per heavy atom. The van der Waals surface area contributed by atoms with Gasteiger partial charge in [0.15, 0.2) is 0 Å². The summed E-state index contributed by atoms with van der Waals surface area (Å²) in [5, 5.41) is 0. The van der Waals surface area contributed by atoms with Crippen molar-refractivity contribution < 1.29 is 9.53 Å². The molecular weight excluding hydrogens is 238 g/mol. The Morgan fingerprint density at radius 2 is 1.95 bits per heavy atom. The molecule has 1 heterocycles. The van der Waals surface area contributed by atoms with Crippen LogP contribution >= 0.6 is 0 Å². The molecule has 0 saturated carbocycles. The summed E-state index contributed by atoms with van der Waals surface area (Å²) in [4.78, 5) is 16.8. The van der Waals surface area contributed by atoms with Crippen molar-refractivity contribution in [1.82, 2.24) is 4.98 Å². The number of nitrogens with zero attached hydrogens (tertiary/aromatic N) is 1. The third-order valence-electron chi connectivity index (χ3n) is 3.00. The van der Waals surface area contributed by atoms with Crippen molar-refractivity contribution in [2.24, 2.45) is 0 Å². The fourth-order valence-electron chi connectivity index (χ4n) is 2.15. The lowest BCUT2D eigenvalue weighted by Gasteiger charge is -2.23. The number of pyridine rings is 1. The summed E-state index contributed by atoms with van der Waals surface area (Å²) in [5.41, 5.74) is 3.33. The van der Waals surface area contributed by atoms with E-state index in [1.54, 1.807) is 0 Å².